The quantitative estimate of drug-likeness (QED) is 0.622. The number of carbonyl (C=O) groups is 2. The van der Waals surface area contributed by atoms with Gasteiger partial charge in [-0.25, -0.2) is 17.9 Å². The molecule has 0 saturated carbocycles. The van der Waals surface area contributed by atoms with Crippen molar-refractivity contribution in [2.24, 2.45) is 0 Å². The summed E-state index contributed by atoms with van der Waals surface area (Å²) in [5.41, 5.74) is 1.92. The lowest BCUT2D eigenvalue weighted by Crippen LogP contribution is -2.39. The van der Waals surface area contributed by atoms with Crippen LogP contribution in [-0.2, 0) is 26.0 Å². The maximum Gasteiger partial charge on any atom is 0.340 e. The highest BCUT2D eigenvalue weighted by molar-refractivity contribution is 9.10. The lowest BCUT2D eigenvalue weighted by molar-refractivity contribution is -0.126. The molecule has 0 fully saturated rings. The summed E-state index contributed by atoms with van der Waals surface area (Å²) < 4.78 is 33.0. The molecule has 1 aliphatic rings. The molecule has 2 aromatic rings. The standard InChI is InChI=1S/C21H23BrN2O5S/c1-13(2)23-30(27,28)16-8-9-18(22)17(12-16)21(26)29-14(3)20(25)24-11-10-15-6-4-5-7-19(15)24/h4-9,12-14,23H,10-11H2,1-3H3/t14-/m1/s1. The zero-order chi connectivity index (χ0) is 22.1. The molecule has 160 valence electrons. The summed E-state index contributed by atoms with van der Waals surface area (Å²) in [6.45, 7) is 5.44. The zero-order valence-electron chi connectivity index (χ0n) is 16.9. The Morgan fingerprint density at radius 3 is 2.53 bits per heavy atom. The van der Waals surface area contributed by atoms with Crippen LogP contribution < -0.4 is 9.62 Å². The van der Waals surface area contributed by atoms with E-state index in [0.717, 1.165) is 17.7 Å². The van der Waals surface area contributed by atoms with E-state index < -0.39 is 22.1 Å². The number of amides is 1. The van der Waals surface area contributed by atoms with Crippen LogP contribution in [0.1, 0.15) is 36.7 Å². The Morgan fingerprint density at radius 1 is 1.13 bits per heavy atom. The van der Waals surface area contributed by atoms with Gasteiger partial charge in [0.05, 0.1) is 10.5 Å². The molecule has 0 aliphatic carbocycles. The summed E-state index contributed by atoms with van der Waals surface area (Å²) in [6, 6.07) is 11.4. The van der Waals surface area contributed by atoms with E-state index in [1.165, 1.54) is 25.1 Å². The van der Waals surface area contributed by atoms with Crippen molar-refractivity contribution < 1.29 is 22.7 Å². The molecule has 1 N–H and O–H groups in total. The van der Waals surface area contributed by atoms with Gasteiger partial charge in [0.25, 0.3) is 5.91 Å². The third kappa shape index (κ3) is 4.74. The van der Waals surface area contributed by atoms with Gasteiger partial charge in [-0.1, -0.05) is 18.2 Å². The maximum absolute atomic E-state index is 12.8. The number of anilines is 1. The molecule has 0 saturated heterocycles. The van der Waals surface area contributed by atoms with Crippen LogP contribution >= 0.6 is 15.9 Å². The number of nitrogens with one attached hydrogen (secondary N) is 1. The SMILES string of the molecule is CC(C)NS(=O)(=O)c1ccc(Br)c(C(=O)O[C@H](C)C(=O)N2CCc3ccccc32)c1. The van der Waals surface area contributed by atoms with Crippen LogP contribution in [0.25, 0.3) is 0 Å². The van der Waals surface area contributed by atoms with E-state index in [0.29, 0.717) is 11.0 Å². The van der Waals surface area contributed by atoms with Gasteiger partial charge < -0.3 is 9.64 Å². The molecule has 1 amide bonds. The predicted octanol–water partition coefficient (Wildman–Crippen LogP) is 3.27. The summed E-state index contributed by atoms with van der Waals surface area (Å²) in [7, 11) is -3.78. The van der Waals surface area contributed by atoms with Crippen molar-refractivity contribution in [3.8, 4) is 0 Å². The number of benzene rings is 2. The summed E-state index contributed by atoms with van der Waals surface area (Å²) in [5, 5.41) is 0. The van der Waals surface area contributed by atoms with Crippen LogP contribution in [0.5, 0.6) is 0 Å². The first kappa shape index (κ1) is 22.5. The Morgan fingerprint density at radius 2 is 1.83 bits per heavy atom. The van der Waals surface area contributed by atoms with E-state index in [1.54, 1.807) is 18.7 Å². The van der Waals surface area contributed by atoms with Gasteiger partial charge in [0, 0.05) is 22.7 Å². The minimum Gasteiger partial charge on any atom is -0.449 e. The third-order valence-electron chi connectivity index (χ3n) is 4.64. The van der Waals surface area contributed by atoms with Crippen molar-refractivity contribution in [3.63, 3.8) is 0 Å². The van der Waals surface area contributed by atoms with E-state index in [9.17, 15) is 18.0 Å². The monoisotopic (exact) mass is 494 g/mol. The van der Waals surface area contributed by atoms with Gasteiger partial charge in [-0.2, -0.15) is 0 Å². The summed E-state index contributed by atoms with van der Waals surface area (Å²) in [5.74, 6) is -1.11. The fraction of sp³-hybridized carbons (Fsp3) is 0.333. The van der Waals surface area contributed by atoms with Crippen molar-refractivity contribution in [2.75, 3.05) is 11.4 Å². The highest BCUT2D eigenvalue weighted by Crippen LogP contribution is 2.29. The summed E-state index contributed by atoms with van der Waals surface area (Å²) >= 11 is 3.25. The van der Waals surface area contributed by atoms with Crippen molar-refractivity contribution >= 4 is 43.5 Å². The number of fused-ring (bicyclic) bond motifs is 1. The van der Waals surface area contributed by atoms with Gasteiger partial charge in [-0.3, -0.25) is 4.79 Å². The first-order chi connectivity index (χ1) is 14.1. The Balaban J connectivity index is 1.77. The molecule has 3 rings (SSSR count). The third-order valence-corrected chi connectivity index (χ3v) is 6.99. The van der Waals surface area contributed by atoms with E-state index in [2.05, 4.69) is 20.7 Å². The number of para-hydroxylation sites is 1. The second-order valence-corrected chi connectivity index (χ2v) is 9.90. The molecule has 7 nitrogen and oxygen atoms in total. The molecule has 1 aliphatic heterocycles. The highest BCUT2D eigenvalue weighted by Gasteiger charge is 2.30. The number of halogens is 1. The molecule has 2 aromatic carbocycles. The van der Waals surface area contributed by atoms with Crippen LogP contribution in [0.2, 0.25) is 0 Å². The van der Waals surface area contributed by atoms with Crippen LogP contribution in [0.15, 0.2) is 51.8 Å². The molecular formula is C21H23BrN2O5S. The number of rotatable bonds is 6. The summed E-state index contributed by atoms with van der Waals surface area (Å²) in [6.07, 6.45) is -0.277. The lowest BCUT2D eigenvalue weighted by Gasteiger charge is -2.22. The van der Waals surface area contributed by atoms with Gasteiger partial charge in [0.1, 0.15) is 0 Å². The van der Waals surface area contributed by atoms with Crippen molar-refractivity contribution in [3.05, 3.63) is 58.1 Å². The number of nitrogens with zero attached hydrogens (tertiary/aromatic N) is 1. The predicted molar refractivity (Wildman–Crippen MR) is 117 cm³/mol. The van der Waals surface area contributed by atoms with E-state index in [1.807, 2.05) is 24.3 Å². The second kappa shape index (κ2) is 8.87. The minimum atomic E-state index is -3.78. The molecule has 0 aromatic heterocycles. The Kier molecular flexibility index (Phi) is 6.64. The van der Waals surface area contributed by atoms with Crippen molar-refractivity contribution in [2.45, 2.75) is 44.2 Å². The molecule has 0 unspecified atom stereocenters. The van der Waals surface area contributed by atoms with E-state index in [4.69, 9.17) is 4.74 Å². The van der Waals surface area contributed by atoms with E-state index >= 15 is 0 Å². The first-order valence-corrected chi connectivity index (χ1v) is 11.8. The van der Waals surface area contributed by atoms with Gasteiger partial charge in [-0.15, -0.1) is 0 Å². The molecule has 0 spiro atoms. The van der Waals surface area contributed by atoms with Gasteiger partial charge >= 0.3 is 5.97 Å². The van der Waals surface area contributed by atoms with Crippen molar-refractivity contribution in [1.82, 2.24) is 4.72 Å². The number of ether oxygens (including phenoxy) is 1. The largest absolute Gasteiger partial charge is 0.449 e. The van der Waals surface area contributed by atoms with Gasteiger partial charge in [0.15, 0.2) is 6.10 Å². The molecule has 1 atom stereocenters. The molecule has 0 radical (unpaired) electrons. The minimum absolute atomic E-state index is 0.0307. The number of hydrogen-bond acceptors (Lipinski definition) is 5. The Bertz CT molecular complexity index is 1080. The smallest absolute Gasteiger partial charge is 0.340 e. The molecule has 9 heteroatoms. The molecule has 1 heterocycles. The van der Waals surface area contributed by atoms with Crippen molar-refractivity contribution in [1.29, 1.82) is 0 Å². The first-order valence-electron chi connectivity index (χ1n) is 9.52. The number of carbonyl (C=O) groups excluding carboxylic acids is 2. The van der Waals surface area contributed by atoms with Gasteiger partial charge in [0.2, 0.25) is 10.0 Å². The average Bonchev–Trinajstić information content (AvgIpc) is 3.10. The molecular weight excluding hydrogens is 472 g/mol. The lowest BCUT2D eigenvalue weighted by atomic mass is 10.2. The normalized spacial score (nSPS) is 14.5. The van der Waals surface area contributed by atoms with Gasteiger partial charge in [-0.05, 0) is 73.0 Å². The fourth-order valence-corrected chi connectivity index (χ4v) is 4.95. The van der Waals surface area contributed by atoms with Crippen LogP contribution in [-0.4, -0.2) is 39.0 Å². The number of esters is 1. The Labute approximate surface area is 184 Å². The van der Waals surface area contributed by atoms with Crippen LogP contribution in [0.4, 0.5) is 5.69 Å². The number of sulfonamides is 1. The molecule has 0 bridgehead atoms. The topological polar surface area (TPSA) is 92.8 Å². The zero-order valence-corrected chi connectivity index (χ0v) is 19.3. The Hall–Kier alpha value is -2.23. The highest BCUT2D eigenvalue weighted by atomic mass is 79.9. The fourth-order valence-electron chi connectivity index (χ4n) is 3.27. The number of hydrogen-bond donors (Lipinski definition) is 1. The summed E-state index contributed by atoms with van der Waals surface area (Å²) in [4.78, 5) is 27.1. The van der Waals surface area contributed by atoms with Crippen LogP contribution in [0.3, 0.4) is 0 Å². The second-order valence-electron chi connectivity index (χ2n) is 7.33. The van der Waals surface area contributed by atoms with E-state index in [-0.39, 0.29) is 22.4 Å². The maximum atomic E-state index is 12.8. The molecule has 30 heavy (non-hydrogen) atoms. The average molecular weight is 495 g/mol. The van der Waals surface area contributed by atoms with Crippen LogP contribution in [0, 0.1) is 0 Å².